The molecule has 0 fully saturated rings. The number of pyridine rings is 1. The summed E-state index contributed by atoms with van der Waals surface area (Å²) in [5.41, 5.74) is 0. The van der Waals surface area contributed by atoms with Crippen LogP contribution in [0.4, 0.5) is 5.95 Å². The van der Waals surface area contributed by atoms with Gasteiger partial charge in [0.1, 0.15) is 5.03 Å². The van der Waals surface area contributed by atoms with Crippen molar-refractivity contribution in [1.29, 1.82) is 0 Å². The molecule has 0 aromatic carbocycles. The molecule has 17 heavy (non-hydrogen) atoms. The van der Waals surface area contributed by atoms with Crippen molar-refractivity contribution < 1.29 is 0 Å². The van der Waals surface area contributed by atoms with Crippen LogP contribution in [0.3, 0.4) is 0 Å². The molecule has 0 spiro atoms. The van der Waals surface area contributed by atoms with Gasteiger partial charge in [0.15, 0.2) is 0 Å². The van der Waals surface area contributed by atoms with Crippen LogP contribution in [0.2, 0.25) is 0 Å². The summed E-state index contributed by atoms with van der Waals surface area (Å²) in [6.45, 7) is 3.01. The van der Waals surface area contributed by atoms with E-state index < -0.39 is 0 Å². The van der Waals surface area contributed by atoms with Crippen LogP contribution >= 0.6 is 11.8 Å². The maximum absolute atomic E-state index is 4.43. The monoisotopic (exact) mass is 246 g/mol. The predicted octanol–water partition coefficient (Wildman–Crippen LogP) is 2.84. The fraction of sp³-hybridized carbons (Fsp3) is 0.250. The average molecular weight is 246 g/mol. The van der Waals surface area contributed by atoms with Crippen molar-refractivity contribution in [2.24, 2.45) is 0 Å². The van der Waals surface area contributed by atoms with Gasteiger partial charge in [-0.1, -0.05) is 18.7 Å². The van der Waals surface area contributed by atoms with Crippen LogP contribution in [0, 0.1) is 0 Å². The number of hydrogen-bond acceptors (Lipinski definition) is 5. The van der Waals surface area contributed by atoms with Crippen molar-refractivity contribution in [3.05, 3.63) is 36.8 Å². The van der Waals surface area contributed by atoms with Gasteiger partial charge in [-0.15, -0.1) is 0 Å². The Balaban J connectivity index is 2.06. The lowest BCUT2D eigenvalue weighted by molar-refractivity contribution is 0.935. The third-order valence-electron chi connectivity index (χ3n) is 2.04. The van der Waals surface area contributed by atoms with Crippen molar-refractivity contribution in [2.45, 2.75) is 23.3 Å². The third kappa shape index (κ3) is 3.71. The Hall–Kier alpha value is -1.62. The summed E-state index contributed by atoms with van der Waals surface area (Å²) in [6, 6.07) is 5.83. The van der Waals surface area contributed by atoms with Crippen molar-refractivity contribution in [2.75, 3.05) is 11.9 Å². The molecule has 0 aliphatic heterocycles. The van der Waals surface area contributed by atoms with Gasteiger partial charge >= 0.3 is 0 Å². The number of nitrogens with zero attached hydrogens (tertiary/aromatic N) is 3. The van der Waals surface area contributed by atoms with E-state index in [-0.39, 0.29) is 0 Å². The highest BCUT2D eigenvalue weighted by Crippen LogP contribution is 2.25. The molecule has 2 aromatic heterocycles. The fourth-order valence-electron chi connectivity index (χ4n) is 1.25. The highest BCUT2D eigenvalue weighted by atomic mass is 32.2. The van der Waals surface area contributed by atoms with E-state index in [0.29, 0.717) is 5.95 Å². The second-order valence-corrected chi connectivity index (χ2v) is 4.52. The number of rotatable bonds is 5. The third-order valence-corrected chi connectivity index (χ3v) is 2.98. The quantitative estimate of drug-likeness (QED) is 0.822. The van der Waals surface area contributed by atoms with E-state index in [1.807, 2.05) is 18.2 Å². The minimum atomic E-state index is 0.686. The first-order valence-corrected chi connectivity index (χ1v) is 6.35. The number of nitrogens with one attached hydrogen (secondary N) is 1. The fourth-order valence-corrected chi connectivity index (χ4v) is 2.01. The smallest absolute Gasteiger partial charge is 0.223 e. The molecule has 0 aliphatic rings. The first-order chi connectivity index (χ1) is 8.38. The second-order valence-electron chi connectivity index (χ2n) is 3.43. The molecule has 2 aromatic rings. The van der Waals surface area contributed by atoms with E-state index >= 15 is 0 Å². The lowest BCUT2D eigenvalue weighted by atomic mass is 10.5. The maximum Gasteiger partial charge on any atom is 0.223 e. The summed E-state index contributed by atoms with van der Waals surface area (Å²) >= 11 is 1.60. The van der Waals surface area contributed by atoms with Gasteiger partial charge in [-0.25, -0.2) is 9.97 Å². The van der Waals surface area contributed by atoms with Crippen molar-refractivity contribution in [1.82, 2.24) is 15.0 Å². The molecule has 0 saturated carbocycles. The molecule has 2 heterocycles. The molecular formula is C12H14N4S. The van der Waals surface area contributed by atoms with Gasteiger partial charge < -0.3 is 5.32 Å². The lowest BCUT2D eigenvalue weighted by Crippen LogP contribution is -2.03. The van der Waals surface area contributed by atoms with Gasteiger partial charge in [0.2, 0.25) is 5.95 Å². The number of hydrogen-bond donors (Lipinski definition) is 1. The van der Waals surface area contributed by atoms with Gasteiger partial charge in [-0.05, 0) is 24.6 Å². The Kier molecular flexibility index (Phi) is 4.32. The highest BCUT2D eigenvalue weighted by Gasteiger charge is 2.00. The van der Waals surface area contributed by atoms with Crippen molar-refractivity contribution in [3.8, 4) is 0 Å². The summed E-state index contributed by atoms with van der Waals surface area (Å²) in [5, 5.41) is 4.11. The van der Waals surface area contributed by atoms with Gasteiger partial charge in [0, 0.05) is 30.0 Å². The zero-order valence-corrected chi connectivity index (χ0v) is 10.4. The SMILES string of the molecule is CCCNc1nccc(Sc2ccncc2)n1. The Morgan fingerprint density at radius 1 is 1.18 bits per heavy atom. The van der Waals surface area contributed by atoms with Crippen molar-refractivity contribution in [3.63, 3.8) is 0 Å². The van der Waals surface area contributed by atoms with E-state index in [1.165, 1.54) is 0 Å². The molecule has 0 aliphatic carbocycles. The van der Waals surface area contributed by atoms with E-state index in [2.05, 4.69) is 27.2 Å². The molecular weight excluding hydrogens is 232 g/mol. The first-order valence-electron chi connectivity index (χ1n) is 5.53. The van der Waals surface area contributed by atoms with Crippen LogP contribution in [0.1, 0.15) is 13.3 Å². The minimum Gasteiger partial charge on any atom is -0.354 e. The predicted molar refractivity (Wildman–Crippen MR) is 69.2 cm³/mol. The van der Waals surface area contributed by atoms with Gasteiger partial charge in [-0.3, -0.25) is 4.98 Å². The Labute approximate surface area is 105 Å². The molecule has 5 heteroatoms. The van der Waals surface area contributed by atoms with Crippen LogP contribution < -0.4 is 5.32 Å². The molecule has 0 unspecified atom stereocenters. The number of aromatic nitrogens is 3. The van der Waals surface area contributed by atoms with Crippen LogP contribution in [-0.4, -0.2) is 21.5 Å². The van der Waals surface area contributed by atoms with E-state index in [4.69, 9.17) is 0 Å². The normalized spacial score (nSPS) is 10.2. The summed E-state index contributed by atoms with van der Waals surface area (Å²) in [5.74, 6) is 0.686. The maximum atomic E-state index is 4.43. The Morgan fingerprint density at radius 3 is 2.76 bits per heavy atom. The standard InChI is InChI=1S/C12H14N4S/c1-2-6-14-12-15-9-5-11(16-12)17-10-3-7-13-8-4-10/h3-5,7-9H,2,6H2,1H3,(H,14,15,16). The summed E-state index contributed by atoms with van der Waals surface area (Å²) in [6.07, 6.45) is 6.39. The number of anilines is 1. The van der Waals surface area contributed by atoms with E-state index in [1.54, 1.807) is 30.4 Å². The highest BCUT2D eigenvalue weighted by molar-refractivity contribution is 7.99. The molecule has 0 amide bonds. The molecule has 4 nitrogen and oxygen atoms in total. The minimum absolute atomic E-state index is 0.686. The van der Waals surface area contributed by atoms with E-state index in [0.717, 1.165) is 22.9 Å². The molecule has 0 radical (unpaired) electrons. The average Bonchev–Trinajstić information content (AvgIpc) is 2.38. The summed E-state index contributed by atoms with van der Waals surface area (Å²) < 4.78 is 0. The van der Waals surface area contributed by atoms with Crippen LogP contribution in [-0.2, 0) is 0 Å². The second kappa shape index (κ2) is 6.20. The summed E-state index contributed by atoms with van der Waals surface area (Å²) in [4.78, 5) is 13.7. The van der Waals surface area contributed by atoms with E-state index in [9.17, 15) is 0 Å². The summed E-state index contributed by atoms with van der Waals surface area (Å²) in [7, 11) is 0. The van der Waals surface area contributed by atoms with Gasteiger partial charge in [-0.2, -0.15) is 0 Å². The Morgan fingerprint density at radius 2 is 2.00 bits per heavy atom. The zero-order valence-electron chi connectivity index (χ0n) is 9.63. The zero-order chi connectivity index (χ0) is 11.9. The molecule has 0 saturated heterocycles. The molecule has 0 bridgehead atoms. The molecule has 88 valence electrons. The van der Waals surface area contributed by atoms with Gasteiger partial charge in [0.25, 0.3) is 0 Å². The van der Waals surface area contributed by atoms with Crippen LogP contribution in [0.5, 0.6) is 0 Å². The molecule has 1 N–H and O–H groups in total. The topological polar surface area (TPSA) is 50.7 Å². The lowest BCUT2D eigenvalue weighted by Gasteiger charge is -2.04. The molecule has 0 atom stereocenters. The first kappa shape index (κ1) is 11.9. The van der Waals surface area contributed by atoms with Crippen molar-refractivity contribution >= 4 is 17.7 Å². The van der Waals surface area contributed by atoms with Crippen LogP contribution in [0.15, 0.2) is 46.7 Å². The largest absolute Gasteiger partial charge is 0.354 e. The Bertz CT molecular complexity index is 461. The van der Waals surface area contributed by atoms with Crippen LogP contribution in [0.25, 0.3) is 0 Å². The molecule has 2 rings (SSSR count). The van der Waals surface area contributed by atoms with Gasteiger partial charge in [0.05, 0.1) is 0 Å².